The van der Waals surface area contributed by atoms with Gasteiger partial charge in [-0.05, 0) is 26.2 Å². The smallest absolute Gasteiger partial charge is 0.0973 e. The van der Waals surface area contributed by atoms with E-state index in [-0.39, 0.29) is 0 Å². The first kappa shape index (κ1) is 7.67. The minimum Gasteiger partial charge on any atom is -0.248 e. The lowest BCUT2D eigenvalue weighted by Crippen LogP contribution is -1.89. The Kier molecular flexibility index (Phi) is 4.62. The van der Waals surface area contributed by atoms with Crippen LogP contribution in [0.15, 0.2) is 6.08 Å². The van der Waals surface area contributed by atoms with Crippen molar-refractivity contribution in [2.24, 2.45) is 0 Å². The lowest BCUT2D eigenvalue weighted by Gasteiger charge is -1.95. The van der Waals surface area contributed by atoms with Crippen LogP contribution in [0.4, 0.5) is 4.39 Å². The highest BCUT2D eigenvalue weighted by atomic mass is 19.1. The molecule has 0 heterocycles. The number of rotatable bonds is 4. The molecule has 0 aromatic carbocycles. The van der Waals surface area contributed by atoms with E-state index in [2.05, 4.69) is 0 Å². The molecule has 1 atom stereocenters. The number of allylic oxidation sites excluding steroid dienone is 1. The van der Waals surface area contributed by atoms with Gasteiger partial charge >= 0.3 is 0 Å². The predicted molar refractivity (Wildman–Crippen MR) is 33.3 cm³/mol. The maximum atomic E-state index is 12.0. The third-order valence-corrected chi connectivity index (χ3v) is 0.973. The summed E-state index contributed by atoms with van der Waals surface area (Å²) < 4.78 is 12.0. The number of hydrogen-bond donors (Lipinski definition) is 0. The maximum absolute atomic E-state index is 12.0. The standard InChI is InChI=1S/C7H12F/c1-3-4-5-6-7(2)8/h1,3,7H,4-6H2,2H3. The maximum Gasteiger partial charge on any atom is 0.0973 e. The summed E-state index contributed by atoms with van der Waals surface area (Å²) in [6, 6.07) is 0. The van der Waals surface area contributed by atoms with E-state index in [0.29, 0.717) is 6.42 Å². The molecule has 0 aliphatic heterocycles. The molecule has 0 amide bonds. The van der Waals surface area contributed by atoms with Gasteiger partial charge in [0.2, 0.25) is 0 Å². The summed E-state index contributed by atoms with van der Waals surface area (Å²) in [5.74, 6) is 0. The van der Waals surface area contributed by atoms with Crippen molar-refractivity contribution < 1.29 is 4.39 Å². The molecule has 0 saturated carbocycles. The van der Waals surface area contributed by atoms with Crippen LogP contribution < -0.4 is 0 Å². The van der Waals surface area contributed by atoms with Crippen LogP contribution in [0.1, 0.15) is 26.2 Å². The first-order valence-electron chi connectivity index (χ1n) is 2.95. The third-order valence-electron chi connectivity index (χ3n) is 0.973. The van der Waals surface area contributed by atoms with Crippen molar-refractivity contribution in [2.45, 2.75) is 32.4 Å². The van der Waals surface area contributed by atoms with Crippen LogP contribution in [0.25, 0.3) is 0 Å². The molecule has 0 aromatic rings. The zero-order valence-electron chi connectivity index (χ0n) is 5.23. The summed E-state index contributed by atoms with van der Waals surface area (Å²) in [6.07, 6.45) is 3.23. The average Bonchev–Trinajstić information content (AvgIpc) is 1.66. The van der Waals surface area contributed by atoms with Crippen molar-refractivity contribution in [2.75, 3.05) is 0 Å². The van der Waals surface area contributed by atoms with Gasteiger partial charge in [-0.3, -0.25) is 0 Å². The van der Waals surface area contributed by atoms with Gasteiger partial charge in [-0.15, -0.1) is 0 Å². The highest BCUT2D eigenvalue weighted by Gasteiger charge is 1.93. The average molecular weight is 115 g/mol. The molecule has 0 bridgehead atoms. The van der Waals surface area contributed by atoms with Gasteiger partial charge in [-0.2, -0.15) is 0 Å². The van der Waals surface area contributed by atoms with Gasteiger partial charge in [-0.1, -0.05) is 12.7 Å². The third kappa shape index (κ3) is 5.67. The van der Waals surface area contributed by atoms with E-state index in [1.165, 1.54) is 0 Å². The van der Waals surface area contributed by atoms with E-state index in [1.807, 2.05) is 0 Å². The second kappa shape index (κ2) is 4.82. The van der Waals surface area contributed by atoms with Crippen molar-refractivity contribution in [3.63, 3.8) is 0 Å². The van der Waals surface area contributed by atoms with Gasteiger partial charge in [0.05, 0.1) is 6.17 Å². The number of unbranched alkanes of at least 4 members (excludes halogenated alkanes) is 1. The molecule has 0 fully saturated rings. The minimum atomic E-state index is -0.671. The predicted octanol–water partition coefficient (Wildman–Crippen LogP) is 2.50. The highest BCUT2D eigenvalue weighted by molar-refractivity contribution is 4.62. The second-order valence-corrected chi connectivity index (χ2v) is 1.95. The number of halogens is 1. The van der Waals surface area contributed by atoms with E-state index < -0.39 is 6.17 Å². The van der Waals surface area contributed by atoms with Crippen molar-refractivity contribution in [3.8, 4) is 0 Å². The quantitative estimate of drug-likeness (QED) is 0.494. The largest absolute Gasteiger partial charge is 0.248 e. The Morgan fingerprint density at radius 3 is 2.75 bits per heavy atom. The van der Waals surface area contributed by atoms with E-state index in [9.17, 15) is 4.39 Å². The Morgan fingerprint density at radius 2 is 2.38 bits per heavy atom. The molecule has 8 heavy (non-hydrogen) atoms. The molecule has 0 N–H and O–H groups in total. The summed E-state index contributed by atoms with van der Waals surface area (Å²) in [6.45, 7) is 6.63. The van der Waals surface area contributed by atoms with Gasteiger partial charge in [0.25, 0.3) is 0 Å². The van der Waals surface area contributed by atoms with Gasteiger partial charge in [0.1, 0.15) is 0 Å². The van der Waals surface area contributed by atoms with Crippen LogP contribution in [0, 0.1) is 6.58 Å². The van der Waals surface area contributed by atoms with Crippen molar-refractivity contribution >= 4 is 0 Å². The van der Waals surface area contributed by atoms with Crippen molar-refractivity contribution in [3.05, 3.63) is 12.7 Å². The van der Waals surface area contributed by atoms with E-state index in [4.69, 9.17) is 6.58 Å². The van der Waals surface area contributed by atoms with Crippen LogP contribution in [0.2, 0.25) is 0 Å². The van der Waals surface area contributed by atoms with Gasteiger partial charge < -0.3 is 0 Å². The van der Waals surface area contributed by atoms with Gasteiger partial charge in [0.15, 0.2) is 0 Å². The highest BCUT2D eigenvalue weighted by Crippen LogP contribution is 2.02. The van der Waals surface area contributed by atoms with Crippen molar-refractivity contribution in [1.29, 1.82) is 0 Å². The van der Waals surface area contributed by atoms with Crippen LogP contribution in [0.5, 0.6) is 0 Å². The molecule has 0 rings (SSSR count). The number of hydrogen-bond acceptors (Lipinski definition) is 0. The van der Waals surface area contributed by atoms with Crippen molar-refractivity contribution in [1.82, 2.24) is 0 Å². The lowest BCUT2D eigenvalue weighted by atomic mass is 10.2. The SMILES string of the molecule is [CH]=CCCCC(C)F. The fourth-order valence-electron chi connectivity index (χ4n) is 0.517. The monoisotopic (exact) mass is 115 g/mol. The Labute approximate surface area is 50.4 Å². The molecule has 0 aromatic heterocycles. The van der Waals surface area contributed by atoms with Gasteiger partial charge in [-0.25, -0.2) is 4.39 Å². The summed E-state index contributed by atoms with van der Waals surface area (Å²) in [5, 5.41) is 0. The Balaban J connectivity index is 2.81. The van der Waals surface area contributed by atoms with E-state index in [0.717, 1.165) is 12.8 Å². The summed E-state index contributed by atoms with van der Waals surface area (Å²) in [4.78, 5) is 0. The molecular formula is C7H12F. The molecular weight excluding hydrogens is 103 g/mol. The molecule has 1 heteroatoms. The van der Waals surface area contributed by atoms with Crippen LogP contribution >= 0.6 is 0 Å². The summed E-state index contributed by atoms with van der Waals surface area (Å²) >= 11 is 0. The molecule has 0 spiro atoms. The fourth-order valence-corrected chi connectivity index (χ4v) is 0.517. The topological polar surface area (TPSA) is 0 Å². The zero-order chi connectivity index (χ0) is 6.41. The molecule has 0 saturated heterocycles. The summed E-state index contributed by atoms with van der Waals surface area (Å²) in [7, 11) is 0. The fraction of sp³-hybridized carbons (Fsp3) is 0.714. The minimum absolute atomic E-state index is 0.633. The molecule has 47 valence electrons. The summed E-state index contributed by atoms with van der Waals surface area (Å²) in [5.41, 5.74) is 0. The number of alkyl halides is 1. The lowest BCUT2D eigenvalue weighted by molar-refractivity contribution is 0.335. The zero-order valence-corrected chi connectivity index (χ0v) is 5.23. The van der Waals surface area contributed by atoms with Gasteiger partial charge in [0, 0.05) is 0 Å². The molecule has 1 radical (unpaired) electrons. The van der Waals surface area contributed by atoms with Crippen LogP contribution in [-0.2, 0) is 0 Å². The molecule has 0 aliphatic carbocycles. The molecule has 0 nitrogen and oxygen atoms in total. The molecule has 0 aliphatic rings. The van der Waals surface area contributed by atoms with Crippen LogP contribution in [-0.4, -0.2) is 6.17 Å². The Morgan fingerprint density at radius 1 is 1.75 bits per heavy atom. The van der Waals surface area contributed by atoms with Crippen LogP contribution in [0.3, 0.4) is 0 Å². The first-order valence-corrected chi connectivity index (χ1v) is 2.95. The second-order valence-electron chi connectivity index (χ2n) is 1.95. The van der Waals surface area contributed by atoms with E-state index in [1.54, 1.807) is 13.0 Å². The van der Waals surface area contributed by atoms with E-state index >= 15 is 0 Å². The normalized spacial score (nSPS) is 13.2. The Bertz CT molecular complexity index is 57.4. The Hall–Kier alpha value is -0.330. The molecule has 1 unspecified atom stereocenters. The first-order chi connectivity index (χ1) is 3.77.